The van der Waals surface area contributed by atoms with Crippen LogP contribution >= 0.6 is 0 Å². The molecule has 0 saturated heterocycles. The van der Waals surface area contributed by atoms with E-state index in [0.29, 0.717) is 12.6 Å². The average molecular weight is 376 g/mol. The van der Waals surface area contributed by atoms with Crippen molar-refractivity contribution in [2.45, 2.75) is 44.7 Å². The largest absolute Gasteiger partial charge is 0.473 e. The summed E-state index contributed by atoms with van der Waals surface area (Å²) in [5.74, 6) is -0.0914. The van der Waals surface area contributed by atoms with Crippen molar-refractivity contribution >= 4 is 17.6 Å². The van der Waals surface area contributed by atoms with Crippen LogP contribution in [0.3, 0.4) is 0 Å². The molecule has 3 N–H and O–H groups in total. The Morgan fingerprint density at radius 1 is 1.00 bits per heavy atom. The number of hydrogen-bond acceptors (Lipinski definition) is 5. The molecule has 4 bridgehead atoms. The van der Waals surface area contributed by atoms with E-state index >= 15 is 0 Å². The number of nitro benzene ring substituents is 1. The standard InChI is InChI=1S/C17H22N2O2.C2H2O4/c20-19(21)16-4-2-1-3-13(16)10-18-17-14-6-11-5-12(8-14)9-15(17)7-11;3-1(4)2(5)6/h1-4,11-12,14-15,17-18H,5-10H2;(H,3,4)(H,5,6). The second-order valence-corrected chi connectivity index (χ2v) is 7.83. The fourth-order valence-electron chi connectivity index (χ4n) is 5.32. The summed E-state index contributed by atoms with van der Waals surface area (Å²) < 4.78 is 0. The second kappa shape index (κ2) is 8.04. The molecule has 0 aliphatic heterocycles. The summed E-state index contributed by atoms with van der Waals surface area (Å²) in [5.41, 5.74) is 1.06. The maximum Gasteiger partial charge on any atom is 0.414 e. The SMILES string of the molecule is O=C(O)C(=O)O.O=[N+]([O-])c1ccccc1CNC1C2CC3CC(C2)CC1C3. The zero-order valence-corrected chi connectivity index (χ0v) is 14.9. The maximum absolute atomic E-state index is 11.1. The number of aliphatic carboxylic acids is 2. The van der Waals surface area contributed by atoms with Crippen LogP contribution in [0, 0.1) is 33.8 Å². The van der Waals surface area contributed by atoms with Gasteiger partial charge in [-0.25, -0.2) is 9.59 Å². The molecule has 0 radical (unpaired) electrons. The Hall–Kier alpha value is -2.48. The molecule has 4 fully saturated rings. The Kier molecular flexibility index (Phi) is 5.74. The Labute approximate surface area is 156 Å². The molecule has 146 valence electrons. The van der Waals surface area contributed by atoms with Crippen LogP contribution < -0.4 is 5.32 Å². The first-order chi connectivity index (χ1) is 12.8. The van der Waals surface area contributed by atoms with Crippen molar-refractivity contribution < 1.29 is 24.7 Å². The summed E-state index contributed by atoms with van der Waals surface area (Å²) in [4.78, 5) is 29.0. The van der Waals surface area contributed by atoms with Gasteiger partial charge >= 0.3 is 11.9 Å². The van der Waals surface area contributed by atoms with Gasteiger partial charge in [0.05, 0.1) is 4.92 Å². The van der Waals surface area contributed by atoms with Gasteiger partial charge in [0.15, 0.2) is 0 Å². The predicted octanol–water partition coefficient (Wildman–Crippen LogP) is 2.66. The Morgan fingerprint density at radius 2 is 1.52 bits per heavy atom. The van der Waals surface area contributed by atoms with Crippen molar-refractivity contribution in [2.75, 3.05) is 0 Å². The van der Waals surface area contributed by atoms with E-state index < -0.39 is 11.9 Å². The molecule has 0 atom stereocenters. The third-order valence-corrected chi connectivity index (χ3v) is 6.13. The zero-order valence-electron chi connectivity index (χ0n) is 14.9. The molecule has 0 unspecified atom stereocenters. The highest BCUT2D eigenvalue weighted by Gasteiger charge is 2.47. The van der Waals surface area contributed by atoms with E-state index in [1.807, 2.05) is 12.1 Å². The predicted molar refractivity (Wildman–Crippen MR) is 96.0 cm³/mol. The number of carboxylic acid groups (broad SMARTS) is 2. The van der Waals surface area contributed by atoms with Crippen LogP contribution in [0.1, 0.15) is 37.7 Å². The topological polar surface area (TPSA) is 130 Å². The highest BCUT2D eigenvalue weighted by Crippen LogP contribution is 2.53. The van der Waals surface area contributed by atoms with Gasteiger partial charge in [0.1, 0.15) is 0 Å². The number of hydrogen-bond donors (Lipinski definition) is 3. The van der Waals surface area contributed by atoms with Gasteiger partial charge < -0.3 is 15.5 Å². The molecule has 4 aliphatic carbocycles. The number of carboxylic acids is 2. The lowest BCUT2D eigenvalue weighted by molar-refractivity contribution is -0.385. The summed E-state index contributed by atoms with van der Waals surface area (Å²) in [6, 6.07) is 7.69. The van der Waals surface area contributed by atoms with E-state index in [9.17, 15) is 10.1 Å². The summed E-state index contributed by atoms with van der Waals surface area (Å²) in [6.45, 7) is 0.629. The van der Waals surface area contributed by atoms with Crippen molar-refractivity contribution in [1.29, 1.82) is 0 Å². The van der Waals surface area contributed by atoms with Crippen LogP contribution in [0.15, 0.2) is 24.3 Å². The van der Waals surface area contributed by atoms with Gasteiger partial charge in [-0.1, -0.05) is 18.2 Å². The van der Waals surface area contributed by atoms with E-state index in [1.54, 1.807) is 12.1 Å². The molecule has 8 heteroatoms. The molecule has 27 heavy (non-hydrogen) atoms. The Balaban J connectivity index is 0.000000307. The fraction of sp³-hybridized carbons (Fsp3) is 0.579. The molecule has 5 rings (SSSR count). The number of rotatable bonds is 4. The lowest BCUT2D eigenvalue weighted by Gasteiger charge is -2.54. The number of nitro groups is 1. The summed E-state index contributed by atoms with van der Waals surface area (Å²) >= 11 is 0. The molecular formula is C19H24N2O6. The number of benzene rings is 1. The minimum atomic E-state index is -1.82. The van der Waals surface area contributed by atoms with E-state index in [0.717, 1.165) is 29.2 Å². The third-order valence-electron chi connectivity index (χ3n) is 6.13. The molecule has 4 saturated carbocycles. The highest BCUT2D eigenvalue weighted by atomic mass is 16.6. The van der Waals surface area contributed by atoms with Gasteiger partial charge in [-0.3, -0.25) is 10.1 Å². The normalized spacial score (nSPS) is 30.3. The van der Waals surface area contributed by atoms with Gasteiger partial charge in [-0.2, -0.15) is 0 Å². The zero-order chi connectivity index (χ0) is 19.6. The highest BCUT2D eigenvalue weighted by molar-refractivity contribution is 6.27. The fourth-order valence-corrected chi connectivity index (χ4v) is 5.32. The Bertz CT molecular complexity index is 695. The number of carbonyl (C=O) groups is 2. The summed E-state index contributed by atoms with van der Waals surface area (Å²) in [7, 11) is 0. The van der Waals surface area contributed by atoms with Gasteiger partial charge in [-0.15, -0.1) is 0 Å². The quantitative estimate of drug-likeness (QED) is 0.418. The first-order valence-corrected chi connectivity index (χ1v) is 9.27. The average Bonchev–Trinajstić information content (AvgIpc) is 2.61. The molecule has 0 heterocycles. The Morgan fingerprint density at radius 3 is 2.00 bits per heavy atom. The molecule has 0 amide bonds. The van der Waals surface area contributed by atoms with Gasteiger partial charge in [0.25, 0.3) is 5.69 Å². The first-order valence-electron chi connectivity index (χ1n) is 9.27. The van der Waals surface area contributed by atoms with E-state index in [-0.39, 0.29) is 10.6 Å². The van der Waals surface area contributed by atoms with Crippen LogP contribution in [-0.4, -0.2) is 33.1 Å². The van der Waals surface area contributed by atoms with E-state index in [1.165, 1.54) is 32.1 Å². The second-order valence-electron chi connectivity index (χ2n) is 7.83. The van der Waals surface area contributed by atoms with Crippen LogP contribution in [0.25, 0.3) is 0 Å². The first kappa shape index (κ1) is 19.3. The molecule has 0 aromatic heterocycles. The van der Waals surface area contributed by atoms with E-state index in [2.05, 4.69) is 5.32 Å². The van der Waals surface area contributed by atoms with E-state index in [4.69, 9.17) is 19.8 Å². The molecule has 1 aromatic carbocycles. The minimum absolute atomic E-state index is 0.244. The van der Waals surface area contributed by atoms with Crippen LogP contribution in [0.4, 0.5) is 5.69 Å². The van der Waals surface area contributed by atoms with Crippen molar-refractivity contribution in [3.05, 3.63) is 39.9 Å². The van der Waals surface area contributed by atoms with Gasteiger partial charge in [-0.05, 0) is 55.8 Å². The van der Waals surface area contributed by atoms with Crippen LogP contribution in [-0.2, 0) is 16.1 Å². The maximum atomic E-state index is 11.1. The monoisotopic (exact) mass is 376 g/mol. The number of nitrogens with zero attached hydrogens (tertiary/aromatic N) is 1. The number of para-hydroxylation sites is 1. The molecule has 1 aromatic rings. The van der Waals surface area contributed by atoms with Crippen LogP contribution in [0.5, 0.6) is 0 Å². The molecule has 0 spiro atoms. The third kappa shape index (κ3) is 4.44. The van der Waals surface area contributed by atoms with Crippen molar-refractivity contribution in [3.63, 3.8) is 0 Å². The number of nitrogens with one attached hydrogen (secondary N) is 1. The molecule has 4 aliphatic rings. The smallest absolute Gasteiger partial charge is 0.414 e. The van der Waals surface area contributed by atoms with Crippen molar-refractivity contribution in [3.8, 4) is 0 Å². The summed E-state index contributed by atoms with van der Waals surface area (Å²) in [5, 5.41) is 29.5. The van der Waals surface area contributed by atoms with Crippen molar-refractivity contribution in [1.82, 2.24) is 5.32 Å². The molecular weight excluding hydrogens is 352 g/mol. The van der Waals surface area contributed by atoms with Crippen molar-refractivity contribution in [2.24, 2.45) is 23.7 Å². The summed E-state index contributed by atoms with van der Waals surface area (Å²) in [6.07, 6.45) is 6.97. The lowest BCUT2D eigenvalue weighted by Crippen LogP contribution is -2.54. The minimum Gasteiger partial charge on any atom is -0.473 e. The lowest BCUT2D eigenvalue weighted by atomic mass is 9.54. The van der Waals surface area contributed by atoms with Gasteiger partial charge in [0, 0.05) is 24.2 Å². The van der Waals surface area contributed by atoms with Crippen LogP contribution in [0.2, 0.25) is 0 Å². The molecule has 8 nitrogen and oxygen atoms in total. The van der Waals surface area contributed by atoms with Gasteiger partial charge in [0.2, 0.25) is 0 Å².